The number of carboxylic acids is 1. The van der Waals surface area contributed by atoms with Crippen LogP contribution in [0.15, 0.2) is 41.0 Å². The molecule has 1 saturated heterocycles. The molecule has 34 heavy (non-hydrogen) atoms. The van der Waals surface area contributed by atoms with Crippen LogP contribution in [-0.2, 0) is 28.1 Å². The quantitative estimate of drug-likeness (QED) is 0.265. The third-order valence-corrected chi connectivity index (χ3v) is 7.35. The summed E-state index contributed by atoms with van der Waals surface area (Å²) in [4.78, 5) is 25.9. The van der Waals surface area contributed by atoms with E-state index < -0.39 is 36.1 Å². The number of aliphatic carboxylic acids is 1. The van der Waals surface area contributed by atoms with Crippen LogP contribution in [0.1, 0.15) is 0 Å². The number of carbonyl (C=O) groups excluding carboxylic acids is 2. The van der Waals surface area contributed by atoms with Crippen molar-refractivity contribution >= 4 is 41.1 Å². The number of fused-ring (bicyclic) bond motifs is 1. The van der Waals surface area contributed by atoms with E-state index in [1.54, 1.807) is 19.2 Å². The second-order valence-electron chi connectivity index (χ2n) is 7.34. The molecule has 4 rings (SSSR count). The Bertz CT molecular complexity index is 1110. The number of nitrogens with zero attached hydrogens (tertiary/aromatic N) is 6. The Kier molecular flexibility index (Phi) is 6.99. The Hall–Kier alpha value is -2.85. The van der Waals surface area contributed by atoms with Gasteiger partial charge < -0.3 is 20.0 Å². The lowest BCUT2D eigenvalue weighted by atomic mass is 10.0. The molecule has 2 atom stereocenters. The highest BCUT2D eigenvalue weighted by atomic mass is 32.2. The molecule has 0 aromatic carbocycles. The molecule has 2 aromatic rings. The molecule has 0 aliphatic carbocycles. The number of hydrogen-bond acceptors (Lipinski definition) is 10. The maximum atomic E-state index is 12.8. The normalized spacial score (nSPS) is 20.2. The molecule has 0 saturated carbocycles. The Morgan fingerprint density at radius 2 is 2.15 bits per heavy atom. The van der Waals surface area contributed by atoms with Crippen molar-refractivity contribution < 1.29 is 37.2 Å². The number of rotatable bonds is 9. The summed E-state index contributed by atoms with van der Waals surface area (Å²) in [7, 11) is 1.66. The first kappa shape index (κ1) is 24.3. The zero-order valence-corrected chi connectivity index (χ0v) is 19.2. The highest BCUT2D eigenvalue weighted by molar-refractivity contribution is 8.01. The van der Waals surface area contributed by atoms with E-state index in [1.807, 2.05) is 0 Å². The fraction of sp³-hybridized carbons (Fsp3) is 0.444. The largest absolute Gasteiger partial charge is 0.543 e. The number of tetrazole rings is 1. The number of aryl methyl sites for hydroxylation is 1. The van der Waals surface area contributed by atoms with Crippen LogP contribution in [0.3, 0.4) is 0 Å². The summed E-state index contributed by atoms with van der Waals surface area (Å²) in [5.41, 5.74) is 0.962. The summed E-state index contributed by atoms with van der Waals surface area (Å²) in [6.45, 7) is -1.63. The summed E-state index contributed by atoms with van der Waals surface area (Å²) in [5, 5.41) is 26.1. The van der Waals surface area contributed by atoms with Crippen LogP contribution in [-0.4, -0.2) is 72.7 Å². The Morgan fingerprint density at radius 1 is 1.41 bits per heavy atom. The van der Waals surface area contributed by atoms with Crippen LogP contribution in [0, 0.1) is 0 Å². The van der Waals surface area contributed by atoms with E-state index in [-0.39, 0.29) is 18.2 Å². The third-order valence-electron chi connectivity index (χ3n) is 4.92. The minimum absolute atomic E-state index is 0.137. The number of thioether (sulfide) groups is 2. The lowest BCUT2D eigenvalue weighted by molar-refractivity contribution is -0.733. The van der Waals surface area contributed by atoms with E-state index in [0.717, 1.165) is 0 Å². The average molecular weight is 518 g/mol. The van der Waals surface area contributed by atoms with Crippen LogP contribution >= 0.6 is 23.5 Å². The number of alkyl halides is 3. The number of nitrogens with one attached hydrogen (secondary N) is 1. The second-order valence-corrected chi connectivity index (χ2v) is 9.39. The Morgan fingerprint density at radius 3 is 2.76 bits per heavy atom. The summed E-state index contributed by atoms with van der Waals surface area (Å²) < 4.78 is 44.0. The van der Waals surface area contributed by atoms with E-state index in [4.69, 9.17) is 0 Å². The predicted octanol–water partition coefficient (Wildman–Crippen LogP) is -0.474. The minimum Gasteiger partial charge on any atom is -0.543 e. The van der Waals surface area contributed by atoms with Crippen molar-refractivity contribution in [2.75, 3.05) is 23.4 Å². The molecular weight excluding hydrogens is 499 g/mol. The lowest BCUT2D eigenvalue weighted by Crippen LogP contribution is -2.68. The summed E-state index contributed by atoms with van der Waals surface area (Å²) in [6, 6.07) is 2.52. The fourth-order valence-electron chi connectivity index (χ4n) is 3.36. The first-order chi connectivity index (χ1) is 16.1. The molecular formula is C18H18F3N7O4S2. The van der Waals surface area contributed by atoms with Gasteiger partial charge in [0, 0.05) is 36.4 Å². The summed E-state index contributed by atoms with van der Waals surface area (Å²) >= 11 is 2.68. The fourth-order valence-corrected chi connectivity index (χ4v) is 5.70. The number of carboxylic acid groups (broad SMARTS) is 1. The average Bonchev–Trinajstić information content (AvgIpc) is 3.20. The van der Waals surface area contributed by atoms with Gasteiger partial charge in [0.1, 0.15) is 18.0 Å². The molecule has 16 heteroatoms. The van der Waals surface area contributed by atoms with Gasteiger partial charge in [-0.3, -0.25) is 9.69 Å². The van der Waals surface area contributed by atoms with E-state index >= 15 is 0 Å². The molecule has 1 N–H and O–H groups in total. The first-order valence-electron chi connectivity index (χ1n) is 9.77. The van der Waals surface area contributed by atoms with Gasteiger partial charge in [-0.1, -0.05) is 11.8 Å². The second kappa shape index (κ2) is 9.79. The van der Waals surface area contributed by atoms with Gasteiger partial charge in [-0.2, -0.15) is 17.7 Å². The van der Waals surface area contributed by atoms with Gasteiger partial charge in [-0.05, 0) is 16.0 Å². The molecule has 0 bridgehead atoms. The number of β-lactam (4-membered cyclic amide) rings is 1. The number of anilines is 1. The molecule has 2 aliphatic heterocycles. The Balaban J connectivity index is 1.38. The predicted molar refractivity (Wildman–Crippen MR) is 111 cm³/mol. The smallest absolute Gasteiger partial charge is 0.412 e. The maximum absolute atomic E-state index is 12.8. The van der Waals surface area contributed by atoms with Crippen molar-refractivity contribution in [3.05, 3.63) is 35.8 Å². The Labute approximate surface area is 199 Å². The molecule has 0 spiro atoms. The van der Waals surface area contributed by atoms with Gasteiger partial charge in [0.2, 0.25) is 5.16 Å². The van der Waals surface area contributed by atoms with Crippen LogP contribution in [0.2, 0.25) is 0 Å². The van der Waals surface area contributed by atoms with Crippen molar-refractivity contribution in [2.45, 2.75) is 29.5 Å². The molecule has 0 unspecified atom stereocenters. The monoisotopic (exact) mass is 517 g/mol. The van der Waals surface area contributed by atoms with Crippen LogP contribution in [0.5, 0.6) is 0 Å². The number of pyridine rings is 1. The van der Waals surface area contributed by atoms with Crippen molar-refractivity contribution in [2.24, 2.45) is 7.05 Å². The van der Waals surface area contributed by atoms with Crippen LogP contribution < -0.4 is 15.0 Å². The number of ether oxygens (including phenoxy) is 1. The molecule has 2 aromatic heterocycles. The molecule has 2 aliphatic rings. The summed E-state index contributed by atoms with van der Waals surface area (Å²) in [5.74, 6) is -1.17. The van der Waals surface area contributed by atoms with E-state index in [0.29, 0.717) is 22.2 Å². The molecule has 11 nitrogen and oxygen atoms in total. The molecule has 182 valence electrons. The minimum atomic E-state index is -4.40. The van der Waals surface area contributed by atoms with Gasteiger partial charge in [0.25, 0.3) is 12.6 Å². The standard InChI is InChI=1S/C18H18F3N7O4S2/c1-26-17(23-24-25-26)34-7-10-6-33-15-12(14(29)28(15)13(10)16(30)31)22-11-2-4-27(5-3-11)9-32-8-18(19,20)21/h2-5,12,15H,6-9H2,1H3,(H,30,31)/t12-,15-/m1/s1. The highest BCUT2D eigenvalue weighted by Crippen LogP contribution is 2.42. The van der Waals surface area contributed by atoms with E-state index in [9.17, 15) is 27.9 Å². The third kappa shape index (κ3) is 5.28. The van der Waals surface area contributed by atoms with Crippen LogP contribution in [0.4, 0.5) is 18.9 Å². The van der Waals surface area contributed by atoms with Gasteiger partial charge in [-0.15, -0.1) is 16.9 Å². The van der Waals surface area contributed by atoms with Gasteiger partial charge >= 0.3 is 6.18 Å². The van der Waals surface area contributed by atoms with E-state index in [2.05, 4.69) is 25.6 Å². The number of hydrogen-bond donors (Lipinski definition) is 1. The zero-order valence-electron chi connectivity index (χ0n) is 17.6. The van der Waals surface area contributed by atoms with Crippen molar-refractivity contribution in [3.8, 4) is 0 Å². The van der Waals surface area contributed by atoms with Gasteiger partial charge in [-0.25, -0.2) is 4.68 Å². The van der Waals surface area contributed by atoms with E-state index in [1.165, 1.54) is 50.1 Å². The summed E-state index contributed by atoms with van der Waals surface area (Å²) in [6.07, 6.45) is -1.38. The number of halogens is 3. The first-order valence-corrected chi connectivity index (χ1v) is 11.8. The molecule has 1 amide bonds. The van der Waals surface area contributed by atoms with Crippen molar-refractivity contribution in [1.29, 1.82) is 0 Å². The number of carbonyl (C=O) groups is 2. The lowest BCUT2D eigenvalue weighted by Gasteiger charge is -2.51. The van der Waals surface area contributed by atoms with Crippen molar-refractivity contribution in [3.63, 3.8) is 0 Å². The number of amides is 1. The molecule has 4 heterocycles. The molecule has 0 radical (unpaired) electrons. The number of aromatic nitrogens is 5. The molecule has 1 fully saturated rings. The zero-order chi connectivity index (χ0) is 24.5. The topological polar surface area (TPSA) is 129 Å². The van der Waals surface area contributed by atoms with Gasteiger partial charge in [0.05, 0.1) is 11.7 Å². The van der Waals surface area contributed by atoms with Gasteiger partial charge in [0.15, 0.2) is 12.4 Å². The SMILES string of the molecule is Cn1nnnc1SCC1=C(C(=O)[O-])N2C(=O)[C@@H](Nc3cc[n+](COCC(F)(F)F)cc3)[C@H]2SC1. The maximum Gasteiger partial charge on any atom is 0.412 e. The van der Waals surface area contributed by atoms with Crippen molar-refractivity contribution in [1.82, 2.24) is 25.1 Å². The van der Waals surface area contributed by atoms with Crippen LogP contribution in [0.25, 0.3) is 0 Å². The highest BCUT2D eigenvalue weighted by Gasteiger charge is 2.52.